The van der Waals surface area contributed by atoms with Crippen LogP contribution in [0.25, 0.3) is 0 Å². The lowest BCUT2D eigenvalue weighted by Crippen LogP contribution is -2.49. The number of hydrogen-bond acceptors (Lipinski definition) is 5. The van der Waals surface area contributed by atoms with Crippen LogP contribution in [0.3, 0.4) is 0 Å². The van der Waals surface area contributed by atoms with Crippen molar-refractivity contribution in [2.24, 2.45) is 0 Å². The number of nitrogens with one attached hydrogen (secondary N) is 1. The van der Waals surface area contributed by atoms with E-state index in [2.05, 4.69) is 10.2 Å². The summed E-state index contributed by atoms with van der Waals surface area (Å²) in [6.07, 6.45) is 1.18. The molecule has 0 bridgehead atoms. The van der Waals surface area contributed by atoms with E-state index in [0.717, 1.165) is 0 Å². The highest BCUT2D eigenvalue weighted by Gasteiger charge is 2.24. The zero-order valence-electron chi connectivity index (χ0n) is 9.76. The molecule has 0 amide bonds. The normalized spacial score (nSPS) is 18.0. The Kier molecular flexibility index (Phi) is 3.60. The minimum absolute atomic E-state index is 0.204. The topological polar surface area (TPSA) is 86.4 Å². The first-order chi connectivity index (χ1) is 8.38. The third-order valence-corrected chi connectivity index (χ3v) is 4.30. The smallest absolute Gasteiger partial charge is 0.287 e. The van der Waals surface area contributed by atoms with E-state index >= 15 is 0 Å². The Hall–Kier alpha value is -1.12. The molecule has 18 heavy (non-hydrogen) atoms. The van der Waals surface area contributed by atoms with Crippen LogP contribution in [0.5, 0.6) is 0 Å². The Morgan fingerprint density at radius 1 is 1.33 bits per heavy atom. The summed E-state index contributed by atoms with van der Waals surface area (Å²) < 4.78 is 24.1. The molecule has 0 atom stereocenters. The Balaban J connectivity index is 2.15. The molecule has 9 heteroatoms. The molecule has 0 unspecified atom stereocenters. The lowest BCUT2D eigenvalue weighted by atomic mass is 10.3. The molecule has 0 spiro atoms. The molecule has 0 radical (unpaired) electrons. The molecule has 1 aliphatic heterocycles. The summed E-state index contributed by atoms with van der Waals surface area (Å²) in [4.78, 5) is 13.4. The van der Waals surface area contributed by atoms with Crippen molar-refractivity contribution in [3.63, 3.8) is 0 Å². The maximum absolute atomic E-state index is 11.6. The van der Waals surface area contributed by atoms with Gasteiger partial charge in [-0.25, -0.2) is 13.5 Å². The summed E-state index contributed by atoms with van der Waals surface area (Å²) in [6, 6.07) is 1.48. The van der Waals surface area contributed by atoms with Gasteiger partial charge in [-0.15, -0.1) is 0 Å². The number of aromatic amines is 1. The molecule has 7 nitrogen and oxygen atoms in total. The van der Waals surface area contributed by atoms with Crippen molar-refractivity contribution in [2.75, 3.05) is 37.3 Å². The maximum atomic E-state index is 11.6. The predicted molar refractivity (Wildman–Crippen MR) is 68.5 cm³/mol. The highest BCUT2D eigenvalue weighted by Crippen LogP contribution is 2.15. The minimum Gasteiger partial charge on any atom is -0.364 e. The molecule has 0 aliphatic carbocycles. The number of aromatic nitrogens is 2. The summed E-state index contributed by atoms with van der Waals surface area (Å²) in [5, 5.41) is 6.08. The second-order valence-electron chi connectivity index (χ2n) is 4.05. The van der Waals surface area contributed by atoms with E-state index in [9.17, 15) is 13.2 Å². The fraction of sp³-hybridized carbons (Fsp3) is 0.556. The number of piperazine rings is 1. The van der Waals surface area contributed by atoms with Crippen LogP contribution in [-0.2, 0) is 10.0 Å². The second kappa shape index (κ2) is 4.87. The summed E-state index contributed by atoms with van der Waals surface area (Å²) in [5.41, 5.74) is 0.0929. The Bertz CT molecular complexity index is 592. The van der Waals surface area contributed by atoms with Crippen LogP contribution in [-0.4, -0.2) is 55.4 Å². The van der Waals surface area contributed by atoms with Gasteiger partial charge in [-0.1, -0.05) is 11.6 Å². The third kappa shape index (κ3) is 2.82. The lowest BCUT2D eigenvalue weighted by molar-refractivity contribution is 0.387. The monoisotopic (exact) mass is 292 g/mol. The van der Waals surface area contributed by atoms with Gasteiger partial charge in [-0.3, -0.25) is 4.79 Å². The average molecular weight is 293 g/mol. The van der Waals surface area contributed by atoms with Crippen LogP contribution in [0, 0.1) is 0 Å². The molecular weight excluding hydrogens is 280 g/mol. The first-order valence-electron chi connectivity index (χ1n) is 5.33. The largest absolute Gasteiger partial charge is 0.364 e. The van der Waals surface area contributed by atoms with Crippen molar-refractivity contribution in [2.45, 2.75) is 0 Å². The first-order valence-corrected chi connectivity index (χ1v) is 7.56. The van der Waals surface area contributed by atoms with Crippen LogP contribution in [0.4, 0.5) is 5.69 Å². The highest BCUT2D eigenvalue weighted by atomic mass is 35.5. The molecule has 1 fully saturated rings. The molecule has 1 aliphatic rings. The van der Waals surface area contributed by atoms with Gasteiger partial charge < -0.3 is 4.90 Å². The summed E-state index contributed by atoms with van der Waals surface area (Å²) in [7, 11) is -3.17. The van der Waals surface area contributed by atoms with Crippen molar-refractivity contribution in [3.8, 4) is 0 Å². The third-order valence-electron chi connectivity index (χ3n) is 2.80. The molecule has 2 heterocycles. The van der Waals surface area contributed by atoms with Gasteiger partial charge >= 0.3 is 0 Å². The van der Waals surface area contributed by atoms with Crippen molar-refractivity contribution >= 4 is 27.3 Å². The van der Waals surface area contributed by atoms with Crippen LogP contribution < -0.4 is 10.5 Å². The van der Waals surface area contributed by atoms with Gasteiger partial charge in [0.2, 0.25) is 10.0 Å². The van der Waals surface area contributed by atoms with Crippen molar-refractivity contribution in [3.05, 3.63) is 21.6 Å². The molecular formula is C9H13ClN4O3S. The highest BCUT2D eigenvalue weighted by molar-refractivity contribution is 7.88. The van der Waals surface area contributed by atoms with Crippen molar-refractivity contribution < 1.29 is 8.42 Å². The zero-order chi connectivity index (χ0) is 13.3. The standard InChI is InChI=1S/C9H13ClN4O3S/c1-18(16,17)14-4-2-13(3-5-14)7-6-8(10)11-12-9(7)15/h6H,2-5H2,1H3,(H,12,15). The fourth-order valence-electron chi connectivity index (χ4n) is 1.87. The Morgan fingerprint density at radius 3 is 2.50 bits per heavy atom. The number of rotatable bonds is 2. The van der Waals surface area contributed by atoms with E-state index < -0.39 is 10.0 Å². The molecule has 0 aromatic carbocycles. The molecule has 2 rings (SSSR count). The number of sulfonamides is 1. The van der Waals surface area contributed by atoms with Gasteiger partial charge in [0.15, 0.2) is 5.15 Å². The SMILES string of the molecule is CS(=O)(=O)N1CCN(c2cc(Cl)n[nH]c2=O)CC1. The van der Waals surface area contributed by atoms with Crippen molar-refractivity contribution in [1.82, 2.24) is 14.5 Å². The second-order valence-corrected chi connectivity index (χ2v) is 6.42. The maximum Gasteiger partial charge on any atom is 0.287 e. The summed E-state index contributed by atoms with van der Waals surface area (Å²) in [5.74, 6) is 0. The van der Waals surface area contributed by atoms with Gasteiger partial charge in [0, 0.05) is 32.2 Å². The van der Waals surface area contributed by atoms with Crippen LogP contribution in [0.15, 0.2) is 10.9 Å². The van der Waals surface area contributed by atoms with Crippen LogP contribution in [0.1, 0.15) is 0 Å². The molecule has 1 aromatic rings. The quantitative estimate of drug-likeness (QED) is 0.794. The summed E-state index contributed by atoms with van der Waals surface area (Å²) in [6.45, 7) is 1.63. The molecule has 1 N–H and O–H groups in total. The number of anilines is 1. The Morgan fingerprint density at radius 2 is 1.94 bits per heavy atom. The van der Waals surface area contributed by atoms with Gasteiger partial charge in [-0.2, -0.15) is 9.40 Å². The van der Waals surface area contributed by atoms with Crippen LogP contribution >= 0.6 is 11.6 Å². The lowest BCUT2D eigenvalue weighted by Gasteiger charge is -2.34. The van der Waals surface area contributed by atoms with Gasteiger partial charge in [0.1, 0.15) is 5.69 Å². The van der Waals surface area contributed by atoms with Gasteiger partial charge in [0.05, 0.1) is 6.26 Å². The predicted octanol–water partition coefficient (Wildman–Crippen LogP) is -0.495. The minimum atomic E-state index is -3.17. The number of hydrogen-bond donors (Lipinski definition) is 1. The number of nitrogens with zero attached hydrogens (tertiary/aromatic N) is 3. The van der Waals surface area contributed by atoms with E-state index in [0.29, 0.717) is 31.9 Å². The van der Waals surface area contributed by atoms with E-state index in [1.807, 2.05) is 0 Å². The van der Waals surface area contributed by atoms with Gasteiger partial charge in [-0.05, 0) is 0 Å². The number of H-pyrrole nitrogens is 1. The molecule has 0 saturated carbocycles. The van der Waals surface area contributed by atoms with Crippen molar-refractivity contribution in [1.29, 1.82) is 0 Å². The zero-order valence-corrected chi connectivity index (χ0v) is 11.3. The van der Waals surface area contributed by atoms with Crippen LogP contribution in [0.2, 0.25) is 5.15 Å². The summed E-state index contributed by atoms with van der Waals surface area (Å²) >= 11 is 5.72. The molecule has 1 aromatic heterocycles. The molecule has 100 valence electrons. The van der Waals surface area contributed by atoms with Gasteiger partial charge in [0.25, 0.3) is 5.56 Å². The van der Waals surface area contributed by atoms with E-state index in [1.165, 1.54) is 16.6 Å². The average Bonchev–Trinajstić information content (AvgIpc) is 2.31. The Labute approximate surface area is 109 Å². The molecule has 1 saturated heterocycles. The van der Waals surface area contributed by atoms with E-state index in [1.54, 1.807) is 4.90 Å². The van der Waals surface area contributed by atoms with E-state index in [-0.39, 0.29) is 10.7 Å². The van der Waals surface area contributed by atoms with E-state index in [4.69, 9.17) is 11.6 Å². The fourth-order valence-corrected chi connectivity index (χ4v) is 2.84. The number of halogens is 1. The first kappa shape index (κ1) is 13.3.